The molecule has 0 aliphatic carbocycles. The monoisotopic (exact) mass is 197 g/mol. The topological polar surface area (TPSA) is 50.4 Å². The van der Waals surface area contributed by atoms with Crippen LogP contribution in [0.1, 0.15) is 5.56 Å². The lowest BCUT2D eigenvalue weighted by Crippen LogP contribution is -2.23. The molecule has 0 bridgehead atoms. The summed E-state index contributed by atoms with van der Waals surface area (Å²) in [5, 5.41) is 3.80. The second-order valence-corrected chi connectivity index (χ2v) is 2.73. The first-order valence-corrected chi connectivity index (χ1v) is 3.93. The van der Waals surface area contributed by atoms with Gasteiger partial charge < -0.3 is 5.73 Å². The van der Waals surface area contributed by atoms with Crippen LogP contribution < -0.4 is 11.2 Å². The molecule has 0 spiro atoms. The van der Waals surface area contributed by atoms with Gasteiger partial charge >= 0.3 is 0 Å². The molecule has 5 heteroatoms. The Bertz CT molecular complexity index is 321. The first kappa shape index (κ1) is 9.60. The predicted molar refractivity (Wildman–Crippen MR) is 53.9 cm³/mol. The summed E-state index contributed by atoms with van der Waals surface area (Å²) in [5.41, 5.74) is 8.29. The standard InChI is InChI=1S/C8H8FN3S/c9-7-3-1-6(2-4-7)5-11-12-8(10)13/h1-5H,(H3,10,12,13)/b11-5-. The summed E-state index contributed by atoms with van der Waals surface area (Å²) in [6, 6.07) is 5.89. The van der Waals surface area contributed by atoms with E-state index in [-0.39, 0.29) is 10.9 Å². The number of rotatable bonds is 2. The van der Waals surface area contributed by atoms with Crippen molar-refractivity contribution in [3.8, 4) is 0 Å². The highest BCUT2D eigenvalue weighted by Crippen LogP contribution is 1.99. The van der Waals surface area contributed by atoms with Crippen molar-refractivity contribution in [3.05, 3.63) is 35.6 Å². The zero-order valence-corrected chi connectivity index (χ0v) is 7.51. The van der Waals surface area contributed by atoms with Crippen LogP contribution in [0.15, 0.2) is 29.4 Å². The fraction of sp³-hybridized carbons (Fsp3) is 0. The number of hydrogen-bond acceptors (Lipinski definition) is 2. The summed E-state index contributed by atoms with van der Waals surface area (Å²) in [6.45, 7) is 0. The van der Waals surface area contributed by atoms with Gasteiger partial charge in [0.15, 0.2) is 5.11 Å². The number of thiocarbonyl (C=S) groups is 1. The van der Waals surface area contributed by atoms with E-state index in [1.54, 1.807) is 12.1 Å². The molecule has 0 heterocycles. The van der Waals surface area contributed by atoms with Crippen molar-refractivity contribution in [3.63, 3.8) is 0 Å². The molecule has 68 valence electrons. The molecule has 0 fully saturated rings. The van der Waals surface area contributed by atoms with Crippen LogP contribution in [-0.4, -0.2) is 11.3 Å². The van der Waals surface area contributed by atoms with E-state index in [0.29, 0.717) is 0 Å². The molecule has 13 heavy (non-hydrogen) atoms. The van der Waals surface area contributed by atoms with Gasteiger partial charge in [0, 0.05) is 0 Å². The molecule has 1 aromatic carbocycles. The van der Waals surface area contributed by atoms with Crippen LogP contribution in [0.2, 0.25) is 0 Å². The minimum atomic E-state index is -0.278. The molecular weight excluding hydrogens is 189 g/mol. The zero-order valence-electron chi connectivity index (χ0n) is 6.70. The number of nitrogens with two attached hydrogens (primary N) is 1. The number of hydrogen-bond donors (Lipinski definition) is 2. The summed E-state index contributed by atoms with van der Waals surface area (Å²) in [4.78, 5) is 0. The quantitative estimate of drug-likeness (QED) is 0.422. The summed E-state index contributed by atoms with van der Waals surface area (Å²) >= 11 is 4.52. The first-order valence-electron chi connectivity index (χ1n) is 3.52. The van der Waals surface area contributed by atoms with Crippen molar-refractivity contribution >= 4 is 23.5 Å². The van der Waals surface area contributed by atoms with E-state index in [2.05, 4.69) is 22.7 Å². The third-order valence-corrected chi connectivity index (χ3v) is 1.35. The number of hydrazone groups is 1. The van der Waals surface area contributed by atoms with Crippen molar-refractivity contribution < 1.29 is 4.39 Å². The van der Waals surface area contributed by atoms with Gasteiger partial charge in [-0.3, -0.25) is 5.43 Å². The van der Waals surface area contributed by atoms with Crippen LogP contribution in [0.4, 0.5) is 4.39 Å². The lowest BCUT2D eigenvalue weighted by Gasteiger charge is -1.94. The molecule has 3 nitrogen and oxygen atoms in total. The van der Waals surface area contributed by atoms with Gasteiger partial charge in [0.05, 0.1) is 6.21 Å². The average molecular weight is 197 g/mol. The Morgan fingerprint density at radius 1 is 1.46 bits per heavy atom. The minimum Gasteiger partial charge on any atom is -0.375 e. The van der Waals surface area contributed by atoms with Crippen molar-refractivity contribution in [2.45, 2.75) is 0 Å². The molecule has 0 aromatic heterocycles. The summed E-state index contributed by atoms with van der Waals surface area (Å²) in [6.07, 6.45) is 1.50. The van der Waals surface area contributed by atoms with Crippen molar-refractivity contribution in [2.24, 2.45) is 10.8 Å². The average Bonchev–Trinajstić information content (AvgIpc) is 2.08. The maximum atomic E-state index is 12.4. The van der Waals surface area contributed by atoms with Gasteiger partial charge in [-0.2, -0.15) is 5.10 Å². The van der Waals surface area contributed by atoms with Crippen LogP contribution in [0.3, 0.4) is 0 Å². The molecule has 0 unspecified atom stereocenters. The molecule has 0 aliphatic heterocycles. The second-order valence-electron chi connectivity index (χ2n) is 2.29. The third kappa shape index (κ3) is 3.62. The van der Waals surface area contributed by atoms with E-state index in [1.165, 1.54) is 18.3 Å². The van der Waals surface area contributed by atoms with E-state index in [1.807, 2.05) is 0 Å². The highest BCUT2D eigenvalue weighted by atomic mass is 32.1. The number of benzene rings is 1. The first-order chi connectivity index (χ1) is 6.18. The summed E-state index contributed by atoms with van der Waals surface area (Å²) in [5.74, 6) is -0.278. The van der Waals surface area contributed by atoms with Crippen molar-refractivity contribution in [1.82, 2.24) is 5.43 Å². The summed E-state index contributed by atoms with van der Waals surface area (Å²) < 4.78 is 12.4. The van der Waals surface area contributed by atoms with E-state index in [9.17, 15) is 4.39 Å². The Hall–Kier alpha value is -1.49. The SMILES string of the molecule is NC(=S)N/N=C\c1ccc(F)cc1. The Labute approximate surface area is 80.4 Å². The van der Waals surface area contributed by atoms with Crippen molar-refractivity contribution in [1.29, 1.82) is 0 Å². The largest absolute Gasteiger partial charge is 0.375 e. The number of nitrogens with zero attached hydrogens (tertiary/aromatic N) is 1. The Morgan fingerprint density at radius 3 is 2.62 bits per heavy atom. The van der Waals surface area contributed by atoms with E-state index >= 15 is 0 Å². The molecular formula is C8H8FN3S. The van der Waals surface area contributed by atoms with Crippen LogP contribution in [0.5, 0.6) is 0 Å². The Kier molecular flexibility index (Phi) is 3.33. The molecule has 0 radical (unpaired) electrons. The van der Waals surface area contributed by atoms with Gasteiger partial charge in [-0.25, -0.2) is 4.39 Å². The third-order valence-electron chi connectivity index (χ3n) is 1.26. The molecule has 1 aromatic rings. The fourth-order valence-corrected chi connectivity index (χ4v) is 0.772. The van der Waals surface area contributed by atoms with Crippen molar-refractivity contribution in [2.75, 3.05) is 0 Å². The van der Waals surface area contributed by atoms with E-state index in [4.69, 9.17) is 5.73 Å². The molecule has 0 saturated heterocycles. The fourth-order valence-electron chi connectivity index (χ4n) is 0.719. The molecule has 0 aliphatic rings. The number of halogens is 1. The Morgan fingerprint density at radius 2 is 2.08 bits per heavy atom. The van der Waals surface area contributed by atoms with E-state index < -0.39 is 0 Å². The molecule has 0 atom stereocenters. The van der Waals surface area contributed by atoms with Gasteiger partial charge in [0.1, 0.15) is 5.82 Å². The smallest absolute Gasteiger partial charge is 0.184 e. The lowest BCUT2D eigenvalue weighted by molar-refractivity contribution is 0.628. The van der Waals surface area contributed by atoms with Gasteiger partial charge in [-0.1, -0.05) is 12.1 Å². The molecule has 1 rings (SSSR count). The van der Waals surface area contributed by atoms with Gasteiger partial charge in [0.25, 0.3) is 0 Å². The minimum absolute atomic E-state index is 0.0957. The maximum Gasteiger partial charge on any atom is 0.184 e. The molecule has 0 amide bonds. The highest BCUT2D eigenvalue weighted by Gasteiger charge is 1.88. The van der Waals surface area contributed by atoms with Crippen LogP contribution >= 0.6 is 12.2 Å². The van der Waals surface area contributed by atoms with Gasteiger partial charge in [0.2, 0.25) is 0 Å². The maximum absolute atomic E-state index is 12.4. The van der Waals surface area contributed by atoms with Gasteiger partial charge in [-0.15, -0.1) is 0 Å². The van der Waals surface area contributed by atoms with E-state index in [0.717, 1.165) is 5.56 Å². The Balaban J connectivity index is 2.59. The lowest BCUT2D eigenvalue weighted by atomic mass is 10.2. The molecule has 3 N–H and O–H groups in total. The van der Waals surface area contributed by atoms with Crippen LogP contribution in [0, 0.1) is 5.82 Å². The highest BCUT2D eigenvalue weighted by molar-refractivity contribution is 7.80. The molecule has 0 saturated carbocycles. The predicted octanol–water partition coefficient (Wildman–Crippen LogP) is 0.993. The number of nitrogens with one attached hydrogen (secondary N) is 1. The second kappa shape index (κ2) is 4.51. The van der Waals surface area contributed by atoms with Gasteiger partial charge in [-0.05, 0) is 29.9 Å². The van der Waals surface area contributed by atoms with Crippen LogP contribution in [0.25, 0.3) is 0 Å². The normalized spacial score (nSPS) is 10.2. The summed E-state index contributed by atoms with van der Waals surface area (Å²) in [7, 11) is 0. The zero-order chi connectivity index (χ0) is 9.68. The van der Waals surface area contributed by atoms with Crippen LogP contribution in [-0.2, 0) is 0 Å².